The number of aromatic nitrogens is 4. The van der Waals surface area contributed by atoms with Crippen LogP contribution >= 0.6 is 15.9 Å². The first-order valence-electron chi connectivity index (χ1n) is 7.04. The average Bonchev–Trinajstić information content (AvgIpc) is 3.22. The number of fused-ring (bicyclic) bond motifs is 1. The zero-order chi connectivity index (χ0) is 16.7. The first-order chi connectivity index (χ1) is 11.6. The highest BCUT2D eigenvalue weighted by Gasteiger charge is 2.23. The normalized spacial score (nSPS) is 11.9. The van der Waals surface area contributed by atoms with E-state index in [1.165, 1.54) is 3.97 Å². The number of benzene rings is 1. The molecule has 0 aliphatic carbocycles. The van der Waals surface area contributed by atoms with Crippen LogP contribution in [0.1, 0.15) is 0 Å². The molecule has 24 heavy (non-hydrogen) atoms. The largest absolute Gasteiger partial charge is 0.285 e. The first kappa shape index (κ1) is 15.1. The maximum atomic E-state index is 13.0. The smallest absolute Gasteiger partial charge is 0.269 e. The number of H-pyrrole nitrogens is 1. The summed E-state index contributed by atoms with van der Waals surface area (Å²) in [7, 11) is -3.74. The third-order valence-electron chi connectivity index (χ3n) is 3.69. The highest BCUT2D eigenvalue weighted by Crippen LogP contribution is 2.32. The lowest BCUT2D eigenvalue weighted by atomic mass is 10.1. The van der Waals surface area contributed by atoms with E-state index < -0.39 is 10.0 Å². The van der Waals surface area contributed by atoms with Gasteiger partial charge in [-0.3, -0.25) is 5.10 Å². The summed E-state index contributed by atoms with van der Waals surface area (Å²) in [6.07, 6.45) is 6.53. The Morgan fingerprint density at radius 3 is 2.62 bits per heavy atom. The van der Waals surface area contributed by atoms with Gasteiger partial charge in [0.1, 0.15) is 0 Å². The Balaban J connectivity index is 2.04. The van der Waals surface area contributed by atoms with Crippen molar-refractivity contribution in [2.75, 3.05) is 0 Å². The Bertz CT molecular complexity index is 1120. The van der Waals surface area contributed by atoms with Crippen molar-refractivity contribution >= 4 is 37.0 Å². The molecule has 0 atom stereocenters. The lowest BCUT2D eigenvalue weighted by molar-refractivity contribution is 0.589. The predicted octanol–water partition coefficient (Wildman–Crippen LogP) is 3.43. The van der Waals surface area contributed by atoms with Crippen LogP contribution in [-0.2, 0) is 10.0 Å². The maximum absolute atomic E-state index is 13.0. The molecule has 0 aliphatic rings. The summed E-state index contributed by atoms with van der Waals surface area (Å²) in [6.45, 7) is 0. The summed E-state index contributed by atoms with van der Waals surface area (Å²) >= 11 is 3.39. The van der Waals surface area contributed by atoms with Gasteiger partial charge in [0.25, 0.3) is 10.0 Å². The van der Waals surface area contributed by atoms with Crippen LogP contribution in [0.2, 0.25) is 0 Å². The fraction of sp³-hybridized carbons (Fsp3) is 0. The molecule has 0 fully saturated rings. The van der Waals surface area contributed by atoms with Gasteiger partial charge in [0, 0.05) is 39.6 Å². The predicted molar refractivity (Wildman–Crippen MR) is 94.0 cm³/mol. The number of nitrogens with zero attached hydrogens (tertiary/aromatic N) is 3. The molecule has 1 N–H and O–H groups in total. The van der Waals surface area contributed by atoms with E-state index in [0.29, 0.717) is 5.65 Å². The summed E-state index contributed by atoms with van der Waals surface area (Å²) < 4.78 is 28.0. The molecule has 4 aromatic rings. The quantitative estimate of drug-likeness (QED) is 0.569. The van der Waals surface area contributed by atoms with Crippen molar-refractivity contribution in [2.24, 2.45) is 0 Å². The van der Waals surface area contributed by atoms with E-state index in [1.54, 1.807) is 55.1 Å². The van der Waals surface area contributed by atoms with Gasteiger partial charge < -0.3 is 0 Å². The molecule has 0 spiro atoms. The lowest BCUT2D eigenvalue weighted by Crippen LogP contribution is -2.12. The number of hydrogen-bond acceptors (Lipinski definition) is 4. The van der Waals surface area contributed by atoms with Crippen LogP contribution in [0.25, 0.3) is 22.2 Å². The second kappa shape index (κ2) is 5.57. The Morgan fingerprint density at radius 1 is 1.12 bits per heavy atom. The minimum Gasteiger partial charge on any atom is -0.285 e. The molecule has 3 aromatic heterocycles. The number of aromatic amines is 1. The number of nitrogens with one attached hydrogen (secondary N) is 1. The second-order valence-electron chi connectivity index (χ2n) is 5.17. The van der Waals surface area contributed by atoms with E-state index >= 15 is 0 Å². The van der Waals surface area contributed by atoms with E-state index in [-0.39, 0.29) is 4.90 Å². The van der Waals surface area contributed by atoms with Crippen LogP contribution in [-0.4, -0.2) is 27.6 Å². The lowest BCUT2D eigenvalue weighted by Gasteiger charge is -2.06. The van der Waals surface area contributed by atoms with Gasteiger partial charge in [-0.25, -0.2) is 17.4 Å². The van der Waals surface area contributed by atoms with Crippen molar-refractivity contribution in [1.29, 1.82) is 0 Å². The molecule has 6 nitrogen and oxygen atoms in total. The highest BCUT2D eigenvalue weighted by atomic mass is 79.9. The fourth-order valence-corrected chi connectivity index (χ4v) is 4.25. The van der Waals surface area contributed by atoms with Gasteiger partial charge in [0.2, 0.25) is 0 Å². The van der Waals surface area contributed by atoms with Crippen molar-refractivity contribution in [1.82, 2.24) is 19.2 Å². The monoisotopic (exact) mass is 402 g/mol. The van der Waals surface area contributed by atoms with Crippen LogP contribution in [0.15, 0.2) is 70.6 Å². The molecule has 0 bridgehead atoms. The molecule has 3 heterocycles. The Kier molecular flexibility index (Phi) is 3.50. The molecule has 0 saturated heterocycles. The molecule has 8 heteroatoms. The first-order valence-corrected chi connectivity index (χ1v) is 9.27. The minimum absolute atomic E-state index is 0.213. The van der Waals surface area contributed by atoms with Gasteiger partial charge in [0.05, 0.1) is 11.1 Å². The average molecular weight is 403 g/mol. The van der Waals surface area contributed by atoms with E-state index in [1.807, 2.05) is 6.07 Å². The summed E-state index contributed by atoms with van der Waals surface area (Å²) in [5, 5.41) is 7.42. The van der Waals surface area contributed by atoms with E-state index in [9.17, 15) is 8.42 Å². The third kappa shape index (κ3) is 2.35. The summed E-state index contributed by atoms with van der Waals surface area (Å²) in [6, 6.07) is 10.1. The Labute approximate surface area is 146 Å². The number of rotatable bonds is 3. The Morgan fingerprint density at radius 2 is 1.92 bits per heavy atom. The summed E-state index contributed by atoms with van der Waals surface area (Å²) in [4.78, 5) is 4.52. The summed E-state index contributed by atoms with van der Waals surface area (Å²) in [5.74, 6) is 0. The topological polar surface area (TPSA) is 80.6 Å². The molecule has 4 rings (SSSR count). The second-order valence-corrected chi connectivity index (χ2v) is 7.90. The third-order valence-corrected chi connectivity index (χ3v) is 5.79. The summed E-state index contributed by atoms with van der Waals surface area (Å²) in [5.41, 5.74) is 1.91. The number of halogens is 1. The molecule has 0 saturated carbocycles. The van der Waals surface area contributed by atoms with Gasteiger partial charge in [0.15, 0.2) is 5.65 Å². The zero-order valence-corrected chi connectivity index (χ0v) is 14.6. The van der Waals surface area contributed by atoms with Crippen LogP contribution in [0.3, 0.4) is 0 Å². The van der Waals surface area contributed by atoms with E-state index in [4.69, 9.17) is 0 Å². The van der Waals surface area contributed by atoms with Crippen LogP contribution < -0.4 is 0 Å². The molecule has 0 aliphatic heterocycles. The molecule has 120 valence electrons. The molecule has 0 radical (unpaired) electrons. The van der Waals surface area contributed by atoms with Gasteiger partial charge in [-0.15, -0.1) is 0 Å². The van der Waals surface area contributed by atoms with Crippen LogP contribution in [0.5, 0.6) is 0 Å². The van der Waals surface area contributed by atoms with Crippen molar-refractivity contribution in [3.8, 4) is 11.1 Å². The highest BCUT2D eigenvalue weighted by molar-refractivity contribution is 9.10. The number of pyridine rings is 1. The van der Waals surface area contributed by atoms with Gasteiger partial charge >= 0.3 is 0 Å². The SMILES string of the molecule is O=S(=O)(c1ccccc1)n1cc(-c2cn[nH]c2)c2cc(Br)cnc21. The maximum Gasteiger partial charge on any atom is 0.269 e. The molecule has 0 amide bonds. The molecular weight excluding hydrogens is 392 g/mol. The van der Waals surface area contributed by atoms with Crippen LogP contribution in [0, 0.1) is 0 Å². The standard InChI is InChI=1S/C16H11BrN4O2S/c17-12-6-14-15(11-7-19-20-8-11)10-21(16(14)18-9-12)24(22,23)13-4-2-1-3-5-13/h1-10H,(H,19,20). The van der Waals surface area contributed by atoms with Crippen molar-refractivity contribution < 1.29 is 8.42 Å². The van der Waals surface area contributed by atoms with Gasteiger partial charge in [-0.05, 0) is 34.1 Å². The van der Waals surface area contributed by atoms with E-state index in [0.717, 1.165) is 21.0 Å². The van der Waals surface area contributed by atoms with Gasteiger partial charge in [-0.2, -0.15) is 5.10 Å². The minimum atomic E-state index is -3.74. The Hall–Kier alpha value is -2.45. The number of hydrogen-bond donors (Lipinski definition) is 1. The van der Waals surface area contributed by atoms with Crippen LogP contribution in [0.4, 0.5) is 0 Å². The molecule has 1 aromatic carbocycles. The molecular formula is C16H11BrN4O2S. The van der Waals surface area contributed by atoms with Crippen molar-refractivity contribution in [3.63, 3.8) is 0 Å². The van der Waals surface area contributed by atoms with Crippen molar-refractivity contribution in [3.05, 3.63) is 65.7 Å². The van der Waals surface area contributed by atoms with Crippen molar-refractivity contribution in [2.45, 2.75) is 4.90 Å². The van der Waals surface area contributed by atoms with Gasteiger partial charge in [-0.1, -0.05) is 18.2 Å². The van der Waals surface area contributed by atoms with E-state index in [2.05, 4.69) is 31.1 Å². The fourth-order valence-electron chi connectivity index (χ4n) is 2.57. The zero-order valence-electron chi connectivity index (χ0n) is 12.2. The molecule has 0 unspecified atom stereocenters.